The molecule has 1 aliphatic rings. The summed E-state index contributed by atoms with van der Waals surface area (Å²) >= 11 is 1.78. The van der Waals surface area contributed by atoms with Crippen LogP contribution in [0.3, 0.4) is 0 Å². The van der Waals surface area contributed by atoms with Crippen molar-refractivity contribution in [3.05, 3.63) is 0 Å². The second-order valence-electron chi connectivity index (χ2n) is 5.44. The molecule has 0 saturated heterocycles. The largest absolute Gasteiger partial charge is 0.395 e. The highest BCUT2D eigenvalue weighted by atomic mass is 32.2. The Kier molecular flexibility index (Phi) is 6.46. The first kappa shape index (κ1) is 15.8. The van der Waals surface area contributed by atoms with Gasteiger partial charge in [-0.25, -0.2) is 0 Å². The van der Waals surface area contributed by atoms with E-state index in [1.165, 1.54) is 0 Å². The van der Waals surface area contributed by atoms with E-state index in [1.54, 1.807) is 11.8 Å². The molecule has 0 bridgehead atoms. The van der Waals surface area contributed by atoms with Crippen LogP contribution in [0.4, 0.5) is 0 Å². The second-order valence-corrected chi connectivity index (χ2v) is 6.98. The van der Waals surface area contributed by atoms with Crippen molar-refractivity contribution in [1.29, 1.82) is 0 Å². The third-order valence-corrected chi connectivity index (χ3v) is 4.62. The van der Waals surface area contributed by atoms with Gasteiger partial charge in [-0.3, -0.25) is 4.79 Å². The monoisotopic (exact) mass is 274 g/mol. The first-order valence-corrected chi connectivity index (χ1v) is 7.83. The van der Waals surface area contributed by atoms with E-state index >= 15 is 0 Å². The van der Waals surface area contributed by atoms with Crippen molar-refractivity contribution in [3.63, 3.8) is 0 Å². The molecule has 1 fully saturated rings. The van der Waals surface area contributed by atoms with Crippen LogP contribution in [0, 0.1) is 0 Å². The number of rotatable bonds is 10. The number of nitrogens with one attached hydrogen (secondary N) is 1. The van der Waals surface area contributed by atoms with Crippen molar-refractivity contribution in [2.45, 2.75) is 62.8 Å². The molecule has 5 heteroatoms. The molecule has 1 aliphatic carbocycles. The van der Waals surface area contributed by atoms with Crippen LogP contribution in [0.5, 0.6) is 0 Å². The molecule has 1 amide bonds. The minimum Gasteiger partial charge on any atom is -0.395 e. The van der Waals surface area contributed by atoms with Gasteiger partial charge in [0.05, 0.1) is 12.1 Å². The van der Waals surface area contributed by atoms with E-state index in [0.717, 1.165) is 37.9 Å². The van der Waals surface area contributed by atoms with E-state index in [-0.39, 0.29) is 12.5 Å². The van der Waals surface area contributed by atoms with Crippen LogP contribution in [0.2, 0.25) is 0 Å². The Hall–Kier alpha value is -0.260. The van der Waals surface area contributed by atoms with Crippen LogP contribution in [0.1, 0.15) is 46.0 Å². The summed E-state index contributed by atoms with van der Waals surface area (Å²) in [6, 6.07) is 0.492. The number of hydrogen-bond donors (Lipinski definition) is 3. The fraction of sp³-hybridized carbons (Fsp3) is 0.923. The van der Waals surface area contributed by atoms with Crippen LogP contribution < -0.4 is 11.1 Å². The topological polar surface area (TPSA) is 75.3 Å². The van der Waals surface area contributed by atoms with E-state index in [4.69, 9.17) is 10.8 Å². The van der Waals surface area contributed by atoms with Gasteiger partial charge in [-0.15, -0.1) is 0 Å². The highest BCUT2D eigenvalue weighted by molar-refractivity contribution is 7.99. The number of carbonyl (C=O) groups excluding carboxylic acids is 1. The third kappa shape index (κ3) is 5.59. The van der Waals surface area contributed by atoms with Gasteiger partial charge in [-0.2, -0.15) is 11.8 Å². The lowest BCUT2D eigenvalue weighted by Crippen LogP contribution is -2.53. The number of primary amides is 1. The molecule has 2 atom stereocenters. The molecule has 0 spiro atoms. The van der Waals surface area contributed by atoms with E-state index in [9.17, 15) is 4.79 Å². The average molecular weight is 274 g/mol. The summed E-state index contributed by atoms with van der Waals surface area (Å²) < 4.78 is 0. The summed E-state index contributed by atoms with van der Waals surface area (Å²) in [7, 11) is 0. The van der Waals surface area contributed by atoms with E-state index < -0.39 is 5.54 Å². The number of thioether (sulfide) groups is 1. The first-order chi connectivity index (χ1) is 8.48. The van der Waals surface area contributed by atoms with Gasteiger partial charge >= 0.3 is 0 Å². The summed E-state index contributed by atoms with van der Waals surface area (Å²) in [5, 5.41) is 12.6. The molecule has 4 N–H and O–H groups in total. The van der Waals surface area contributed by atoms with Crippen molar-refractivity contribution in [2.24, 2.45) is 5.73 Å². The van der Waals surface area contributed by atoms with E-state index in [2.05, 4.69) is 5.32 Å². The Labute approximate surface area is 114 Å². The number of carbonyl (C=O) groups is 1. The zero-order chi connectivity index (χ0) is 13.6. The molecule has 0 radical (unpaired) electrons. The zero-order valence-electron chi connectivity index (χ0n) is 11.4. The van der Waals surface area contributed by atoms with Crippen LogP contribution in [0.25, 0.3) is 0 Å². The van der Waals surface area contributed by atoms with Crippen LogP contribution in [-0.4, -0.2) is 40.2 Å². The number of unbranched alkanes of at least 4 members (excludes halogenated alkanes) is 1. The molecular formula is C13H26N2O2S. The second kappa shape index (κ2) is 7.36. The molecule has 0 aromatic rings. The first-order valence-electron chi connectivity index (χ1n) is 6.78. The third-order valence-electron chi connectivity index (χ3n) is 3.37. The normalized spacial score (nSPS) is 20.4. The van der Waals surface area contributed by atoms with Gasteiger partial charge in [0, 0.05) is 11.3 Å². The number of amides is 1. The predicted molar refractivity (Wildman–Crippen MR) is 76.6 cm³/mol. The maximum absolute atomic E-state index is 11.5. The fourth-order valence-corrected chi connectivity index (χ4v) is 2.74. The van der Waals surface area contributed by atoms with Crippen LogP contribution >= 0.6 is 11.8 Å². The van der Waals surface area contributed by atoms with Gasteiger partial charge in [-0.05, 0) is 38.4 Å². The average Bonchev–Trinajstić information content (AvgIpc) is 3.11. The van der Waals surface area contributed by atoms with Gasteiger partial charge in [0.1, 0.15) is 0 Å². The van der Waals surface area contributed by atoms with Gasteiger partial charge < -0.3 is 16.2 Å². The molecule has 1 saturated carbocycles. The Morgan fingerprint density at radius 1 is 1.56 bits per heavy atom. The number of aliphatic hydroxyl groups is 1. The van der Waals surface area contributed by atoms with Crippen LogP contribution in [-0.2, 0) is 4.79 Å². The minimum absolute atomic E-state index is 0.229. The Bertz CT molecular complexity index is 272. The zero-order valence-corrected chi connectivity index (χ0v) is 12.3. The van der Waals surface area contributed by atoms with Gasteiger partial charge in [0.15, 0.2) is 0 Å². The predicted octanol–water partition coefficient (Wildman–Crippen LogP) is 1.27. The number of nitrogens with two attached hydrogens (primary N) is 1. The van der Waals surface area contributed by atoms with Crippen molar-refractivity contribution >= 4 is 17.7 Å². The smallest absolute Gasteiger partial charge is 0.237 e. The molecule has 106 valence electrons. The Morgan fingerprint density at radius 2 is 2.22 bits per heavy atom. The summed E-state index contributed by atoms with van der Waals surface area (Å²) in [4.78, 5) is 11.5. The number of aliphatic hydroxyl groups excluding tert-OH is 1. The minimum atomic E-state index is -0.547. The summed E-state index contributed by atoms with van der Waals surface area (Å²) in [6.07, 6.45) is 5.17. The lowest BCUT2D eigenvalue weighted by atomic mass is 9.94. The summed E-state index contributed by atoms with van der Waals surface area (Å²) in [5.41, 5.74) is 4.94. The fourth-order valence-electron chi connectivity index (χ4n) is 1.86. The van der Waals surface area contributed by atoms with E-state index in [0.29, 0.717) is 11.3 Å². The molecule has 4 nitrogen and oxygen atoms in total. The number of hydrogen-bond acceptors (Lipinski definition) is 4. The lowest BCUT2D eigenvalue weighted by Gasteiger charge is -2.27. The quantitative estimate of drug-likeness (QED) is 0.524. The van der Waals surface area contributed by atoms with Crippen molar-refractivity contribution in [3.8, 4) is 0 Å². The lowest BCUT2D eigenvalue weighted by molar-refractivity contribution is -0.124. The van der Waals surface area contributed by atoms with E-state index in [1.807, 2.05) is 13.8 Å². The molecule has 1 rings (SSSR count). The van der Waals surface area contributed by atoms with Gasteiger partial charge in [-0.1, -0.05) is 13.3 Å². The molecule has 2 unspecified atom stereocenters. The summed E-state index contributed by atoms with van der Waals surface area (Å²) in [5.74, 6) is 0.783. The molecule has 18 heavy (non-hydrogen) atoms. The molecular weight excluding hydrogens is 248 g/mol. The standard InChI is InChI=1S/C13H26N2O2S/c1-10(9-16)18-8-4-3-7-13(2,12(14)17)15-11-5-6-11/h10-11,15-16H,3-9H2,1-2H3,(H2,14,17). The van der Waals surface area contributed by atoms with Gasteiger partial charge in [0.2, 0.25) is 5.91 Å². The highest BCUT2D eigenvalue weighted by Crippen LogP contribution is 2.25. The van der Waals surface area contributed by atoms with Crippen LogP contribution in [0.15, 0.2) is 0 Å². The Balaban J connectivity index is 2.19. The van der Waals surface area contributed by atoms with Crippen molar-refractivity contribution < 1.29 is 9.90 Å². The van der Waals surface area contributed by atoms with Gasteiger partial charge in [0.25, 0.3) is 0 Å². The molecule has 0 aliphatic heterocycles. The molecule has 0 aromatic carbocycles. The summed E-state index contributed by atoms with van der Waals surface area (Å²) in [6.45, 7) is 4.16. The SMILES string of the molecule is CC(CO)SCCCCC(C)(NC1CC1)C(N)=O. The Morgan fingerprint density at radius 3 is 2.72 bits per heavy atom. The molecule has 0 aromatic heterocycles. The maximum atomic E-state index is 11.5. The van der Waals surface area contributed by atoms with Crippen molar-refractivity contribution in [1.82, 2.24) is 5.32 Å². The molecule has 0 heterocycles. The van der Waals surface area contributed by atoms with Crippen molar-refractivity contribution in [2.75, 3.05) is 12.4 Å². The maximum Gasteiger partial charge on any atom is 0.237 e. The highest BCUT2D eigenvalue weighted by Gasteiger charge is 2.36.